The number of hydrogen-bond acceptors (Lipinski definition) is 5. The number of ether oxygens (including phenoxy) is 3. The van der Waals surface area contributed by atoms with E-state index in [-0.39, 0.29) is 13.4 Å². The van der Waals surface area contributed by atoms with Crippen LogP contribution in [0.25, 0.3) is 0 Å². The summed E-state index contributed by atoms with van der Waals surface area (Å²) in [6, 6.07) is 10.1. The summed E-state index contributed by atoms with van der Waals surface area (Å²) < 4.78 is 15.8. The first kappa shape index (κ1) is 16.4. The number of carbonyl (C=O) groups excluding carboxylic acids is 1. The molecule has 2 aromatic carbocycles. The highest BCUT2D eigenvalue weighted by Crippen LogP contribution is 2.35. The maximum absolute atomic E-state index is 11.7. The van der Waals surface area contributed by atoms with Crippen molar-refractivity contribution in [2.75, 3.05) is 13.4 Å². The highest BCUT2D eigenvalue weighted by atomic mass is 35.5. The van der Waals surface area contributed by atoms with E-state index in [0.29, 0.717) is 32.9 Å². The third-order valence-electron chi connectivity index (χ3n) is 3.06. The summed E-state index contributed by atoms with van der Waals surface area (Å²) in [6.45, 7) is 0.00105. The van der Waals surface area contributed by atoms with Gasteiger partial charge in [0, 0.05) is 6.07 Å². The van der Waals surface area contributed by atoms with Gasteiger partial charge in [-0.25, -0.2) is 5.43 Å². The van der Waals surface area contributed by atoms with Crippen LogP contribution >= 0.6 is 23.2 Å². The Morgan fingerprint density at radius 2 is 2.00 bits per heavy atom. The molecule has 1 amide bonds. The number of hydrazone groups is 1. The highest BCUT2D eigenvalue weighted by molar-refractivity contribution is 6.42. The average Bonchev–Trinajstić information content (AvgIpc) is 3.04. The zero-order valence-corrected chi connectivity index (χ0v) is 13.8. The van der Waals surface area contributed by atoms with E-state index >= 15 is 0 Å². The minimum Gasteiger partial charge on any atom is -0.484 e. The molecule has 0 unspecified atom stereocenters. The molecule has 0 radical (unpaired) electrons. The van der Waals surface area contributed by atoms with Gasteiger partial charge >= 0.3 is 0 Å². The van der Waals surface area contributed by atoms with Crippen molar-refractivity contribution in [1.82, 2.24) is 5.43 Å². The molecule has 0 fully saturated rings. The molecule has 0 saturated heterocycles. The highest BCUT2D eigenvalue weighted by Gasteiger charge is 2.14. The zero-order valence-electron chi connectivity index (χ0n) is 12.3. The SMILES string of the molecule is O=C(COc1ccc2c(c1)OCO2)NN=Cc1ccc(Cl)c(Cl)c1. The summed E-state index contributed by atoms with van der Waals surface area (Å²) in [5.41, 5.74) is 3.07. The van der Waals surface area contributed by atoms with Gasteiger partial charge in [0.25, 0.3) is 5.91 Å². The lowest BCUT2D eigenvalue weighted by molar-refractivity contribution is -0.123. The number of nitrogens with zero attached hydrogens (tertiary/aromatic N) is 1. The van der Waals surface area contributed by atoms with Crippen LogP contribution in [0.2, 0.25) is 10.0 Å². The third-order valence-corrected chi connectivity index (χ3v) is 3.80. The number of amides is 1. The molecule has 1 aliphatic rings. The van der Waals surface area contributed by atoms with Crippen molar-refractivity contribution in [3.63, 3.8) is 0 Å². The fourth-order valence-electron chi connectivity index (χ4n) is 1.92. The molecule has 0 atom stereocenters. The first-order valence-corrected chi connectivity index (χ1v) is 7.67. The summed E-state index contributed by atoms with van der Waals surface area (Å²) in [5, 5.41) is 4.70. The Morgan fingerprint density at radius 3 is 2.83 bits per heavy atom. The summed E-state index contributed by atoms with van der Waals surface area (Å²) in [6.07, 6.45) is 1.46. The molecule has 0 saturated carbocycles. The van der Waals surface area contributed by atoms with Gasteiger partial charge in [0.15, 0.2) is 18.1 Å². The molecule has 1 aliphatic heterocycles. The molecule has 1 heterocycles. The minimum absolute atomic E-state index is 0.182. The minimum atomic E-state index is -0.399. The monoisotopic (exact) mass is 366 g/mol. The molecule has 0 bridgehead atoms. The molecule has 8 heteroatoms. The van der Waals surface area contributed by atoms with Crippen LogP contribution in [0.1, 0.15) is 5.56 Å². The number of rotatable bonds is 5. The van der Waals surface area contributed by atoms with E-state index in [9.17, 15) is 4.79 Å². The predicted octanol–water partition coefficient (Wildman–Crippen LogP) is 3.25. The van der Waals surface area contributed by atoms with E-state index in [2.05, 4.69) is 10.5 Å². The van der Waals surface area contributed by atoms with Crippen LogP contribution in [0, 0.1) is 0 Å². The molecule has 0 spiro atoms. The molecular weight excluding hydrogens is 355 g/mol. The fraction of sp³-hybridized carbons (Fsp3) is 0.125. The van der Waals surface area contributed by atoms with E-state index in [0.717, 1.165) is 0 Å². The van der Waals surface area contributed by atoms with Crippen molar-refractivity contribution in [3.8, 4) is 17.2 Å². The van der Waals surface area contributed by atoms with E-state index in [1.807, 2.05) is 0 Å². The number of benzene rings is 2. The van der Waals surface area contributed by atoms with Gasteiger partial charge in [0.2, 0.25) is 6.79 Å². The van der Waals surface area contributed by atoms with Crippen LogP contribution in [0.3, 0.4) is 0 Å². The molecule has 124 valence electrons. The number of carbonyl (C=O) groups is 1. The van der Waals surface area contributed by atoms with Gasteiger partial charge in [0.1, 0.15) is 5.75 Å². The number of fused-ring (bicyclic) bond motifs is 1. The number of nitrogens with one attached hydrogen (secondary N) is 1. The van der Waals surface area contributed by atoms with Gasteiger partial charge in [-0.3, -0.25) is 4.79 Å². The van der Waals surface area contributed by atoms with Crippen molar-refractivity contribution >= 4 is 35.3 Å². The quantitative estimate of drug-likeness (QED) is 0.651. The molecular formula is C16H12Cl2N2O4. The van der Waals surface area contributed by atoms with Crippen molar-refractivity contribution in [2.45, 2.75) is 0 Å². The molecule has 6 nitrogen and oxygen atoms in total. The normalized spacial score (nSPS) is 12.4. The third kappa shape index (κ3) is 4.10. The van der Waals surface area contributed by atoms with Crippen LogP contribution in [0.4, 0.5) is 0 Å². The Balaban J connectivity index is 1.49. The Bertz CT molecular complexity index is 796. The Hall–Kier alpha value is -2.44. The van der Waals surface area contributed by atoms with E-state index in [1.54, 1.807) is 36.4 Å². The topological polar surface area (TPSA) is 69.2 Å². The van der Waals surface area contributed by atoms with Gasteiger partial charge < -0.3 is 14.2 Å². The predicted molar refractivity (Wildman–Crippen MR) is 90.3 cm³/mol. The zero-order chi connectivity index (χ0) is 16.9. The van der Waals surface area contributed by atoms with Crippen molar-refractivity contribution in [3.05, 3.63) is 52.0 Å². The lowest BCUT2D eigenvalue weighted by Crippen LogP contribution is -2.24. The second-order valence-corrected chi connectivity index (χ2v) is 5.58. The summed E-state index contributed by atoms with van der Waals surface area (Å²) in [7, 11) is 0. The van der Waals surface area contributed by atoms with Crippen LogP contribution in [0.5, 0.6) is 17.2 Å². The van der Waals surface area contributed by atoms with E-state index < -0.39 is 5.91 Å². The van der Waals surface area contributed by atoms with Crippen molar-refractivity contribution in [1.29, 1.82) is 0 Å². The van der Waals surface area contributed by atoms with Crippen LogP contribution in [-0.4, -0.2) is 25.5 Å². The Morgan fingerprint density at radius 1 is 1.17 bits per heavy atom. The van der Waals surface area contributed by atoms with Crippen molar-refractivity contribution < 1.29 is 19.0 Å². The maximum atomic E-state index is 11.7. The fourth-order valence-corrected chi connectivity index (χ4v) is 2.23. The molecule has 0 aromatic heterocycles. The molecule has 2 aromatic rings. The summed E-state index contributed by atoms with van der Waals surface area (Å²) in [5.74, 6) is 1.34. The van der Waals surface area contributed by atoms with Gasteiger partial charge in [-0.15, -0.1) is 0 Å². The number of hydrogen-bond donors (Lipinski definition) is 1. The standard InChI is InChI=1S/C16H12Cl2N2O4/c17-12-3-1-10(5-13(12)18)7-19-20-16(21)8-22-11-2-4-14-15(6-11)24-9-23-14/h1-7H,8-9H2,(H,20,21). The van der Waals surface area contributed by atoms with Crippen molar-refractivity contribution in [2.24, 2.45) is 5.10 Å². The Labute approximate surface area is 147 Å². The number of halogens is 2. The Kier molecular flexibility index (Phi) is 5.08. The second-order valence-electron chi connectivity index (χ2n) is 4.77. The first-order valence-electron chi connectivity index (χ1n) is 6.91. The van der Waals surface area contributed by atoms with E-state index in [1.165, 1.54) is 6.21 Å². The van der Waals surface area contributed by atoms with Gasteiger partial charge in [-0.05, 0) is 29.8 Å². The van der Waals surface area contributed by atoms with Crippen LogP contribution in [0.15, 0.2) is 41.5 Å². The summed E-state index contributed by atoms with van der Waals surface area (Å²) >= 11 is 11.7. The molecule has 1 N–H and O–H groups in total. The summed E-state index contributed by atoms with van der Waals surface area (Å²) in [4.78, 5) is 11.7. The lowest BCUT2D eigenvalue weighted by Gasteiger charge is -2.05. The average molecular weight is 367 g/mol. The molecule has 24 heavy (non-hydrogen) atoms. The van der Waals surface area contributed by atoms with Crippen LogP contribution < -0.4 is 19.6 Å². The molecule has 0 aliphatic carbocycles. The van der Waals surface area contributed by atoms with E-state index in [4.69, 9.17) is 37.4 Å². The van der Waals surface area contributed by atoms with Gasteiger partial charge in [0.05, 0.1) is 16.3 Å². The van der Waals surface area contributed by atoms with Gasteiger partial charge in [-0.1, -0.05) is 29.3 Å². The van der Waals surface area contributed by atoms with Crippen LogP contribution in [-0.2, 0) is 4.79 Å². The maximum Gasteiger partial charge on any atom is 0.277 e. The second kappa shape index (κ2) is 7.42. The smallest absolute Gasteiger partial charge is 0.277 e. The van der Waals surface area contributed by atoms with Gasteiger partial charge in [-0.2, -0.15) is 5.10 Å². The first-order chi connectivity index (χ1) is 11.6. The lowest BCUT2D eigenvalue weighted by atomic mass is 10.2. The molecule has 3 rings (SSSR count). The largest absolute Gasteiger partial charge is 0.484 e.